The minimum Gasteiger partial charge on any atom is -0.490 e. The third-order valence-corrected chi connectivity index (χ3v) is 6.32. The summed E-state index contributed by atoms with van der Waals surface area (Å²) in [6, 6.07) is 1.96. The summed E-state index contributed by atoms with van der Waals surface area (Å²) in [5, 5.41) is 0. The van der Waals surface area contributed by atoms with E-state index in [1.165, 1.54) is 0 Å². The predicted octanol–water partition coefficient (Wildman–Crippen LogP) is 5.90. The van der Waals surface area contributed by atoms with Crippen molar-refractivity contribution in [3.63, 3.8) is 0 Å². The van der Waals surface area contributed by atoms with Gasteiger partial charge in [0.05, 0.1) is 50.6 Å². The maximum atomic E-state index is 14.8. The molecule has 1 aromatic carbocycles. The molecule has 42 heavy (non-hydrogen) atoms. The zero-order valence-electron chi connectivity index (χ0n) is 23.3. The number of esters is 3. The highest BCUT2D eigenvalue weighted by molar-refractivity contribution is 5.90. The van der Waals surface area contributed by atoms with Gasteiger partial charge in [0.15, 0.2) is 11.6 Å². The van der Waals surface area contributed by atoms with Gasteiger partial charge in [-0.25, -0.2) is 27.6 Å². The van der Waals surface area contributed by atoms with Crippen LogP contribution in [0.3, 0.4) is 0 Å². The molecule has 1 saturated carbocycles. The third kappa shape index (κ3) is 11.7. The lowest BCUT2D eigenvalue weighted by molar-refractivity contribution is -0.142. The van der Waals surface area contributed by atoms with E-state index in [2.05, 4.69) is 13.2 Å². The van der Waals surface area contributed by atoms with Crippen molar-refractivity contribution in [1.29, 1.82) is 0 Å². The van der Waals surface area contributed by atoms with Crippen LogP contribution < -0.4 is 4.74 Å². The maximum Gasteiger partial charge on any atom is 0.341 e. The van der Waals surface area contributed by atoms with Crippen LogP contribution in [0.4, 0.5) is 17.6 Å². The molecule has 2 atom stereocenters. The number of unbranched alkanes of at least 4 members (excludes halogenated alkanes) is 1. The number of ether oxygens (including phenoxy) is 5. The summed E-state index contributed by atoms with van der Waals surface area (Å²) in [5.74, 6) is -10.1. The monoisotopic (exact) mass is 600 g/mol. The molecule has 0 radical (unpaired) electrons. The second kappa shape index (κ2) is 18.0. The molecule has 1 aromatic rings. The molecule has 1 aliphatic rings. The van der Waals surface area contributed by atoms with Crippen molar-refractivity contribution >= 4 is 17.9 Å². The van der Waals surface area contributed by atoms with Crippen LogP contribution in [-0.2, 0) is 28.5 Å². The Morgan fingerprint density at radius 3 is 2.12 bits per heavy atom. The normalized spacial score (nSPS) is 17.8. The van der Waals surface area contributed by atoms with Crippen LogP contribution in [-0.4, -0.2) is 63.0 Å². The Balaban J connectivity index is 1.74. The Bertz CT molecular complexity index is 1110. The molecule has 1 aliphatic carbocycles. The average molecular weight is 601 g/mol. The van der Waals surface area contributed by atoms with Gasteiger partial charge < -0.3 is 23.7 Å². The zero-order valence-corrected chi connectivity index (χ0v) is 23.3. The molecule has 0 aliphatic heterocycles. The predicted molar refractivity (Wildman–Crippen MR) is 144 cm³/mol. The van der Waals surface area contributed by atoms with Gasteiger partial charge in [-0.15, -0.1) is 0 Å². The number of halogens is 4. The fraction of sp³-hybridized carbons (Fsp3) is 0.500. The maximum absolute atomic E-state index is 14.8. The molecule has 232 valence electrons. The minimum absolute atomic E-state index is 0.0590. The van der Waals surface area contributed by atoms with E-state index in [0.717, 1.165) is 24.3 Å². The number of alkyl halides is 2. The molecule has 2 unspecified atom stereocenters. The molecule has 1 fully saturated rings. The van der Waals surface area contributed by atoms with Crippen molar-refractivity contribution in [3.8, 4) is 5.75 Å². The Labute approximate surface area is 242 Å². The molecule has 0 bridgehead atoms. The van der Waals surface area contributed by atoms with Crippen molar-refractivity contribution in [2.75, 3.05) is 33.0 Å². The van der Waals surface area contributed by atoms with Crippen molar-refractivity contribution in [3.05, 3.63) is 66.8 Å². The molecular weight excluding hydrogens is 564 g/mol. The topological polar surface area (TPSA) is 97.4 Å². The molecule has 0 aromatic heterocycles. The smallest absolute Gasteiger partial charge is 0.341 e. The van der Waals surface area contributed by atoms with Gasteiger partial charge in [-0.05, 0) is 50.7 Å². The van der Waals surface area contributed by atoms with Crippen molar-refractivity contribution < 1.29 is 55.6 Å². The highest BCUT2D eigenvalue weighted by atomic mass is 19.3. The summed E-state index contributed by atoms with van der Waals surface area (Å²) in [6.07, 6.45) is 6.64. The first-order valence-electron chi connectivity index (χ1n) is 13.6. The molecule has 0 spiro atoms. The molecule has 0 amide bonds. The Morgan fingerprint density at radius 2 is 1.48 bits per heavy atom. The van der Waals surface area contributed by atoms with Gasteiger partial charge in [-0.1, -0.05) is 25.3 Å². The van der Waals surface area contributed by atoms with Crippen LogP contribution in [0.1, 0.15) is 55.3 Å². The van der Waals surface area contributed by atoms with Crippen molar-refractivity contribution in [2.24, 2.45) is 5.92 Å². The molecule has 0 heterocycles. The fourth-order valence-corrected chi connectivity index (χ4v) is 4.01. The van der Waals surface area contributed by atoms with Crippen LogP contribution in [0.15, 0.2) is 49.6 Å². The SMILES string of the molecule is C=CC(=O)OCCC=CCCOC1CCC(COc2ccc(C(=O)OCCCCOC(=O)C=C)c(F)c2F)C(F)(F)C1. The summed E-state index contributed by atoms with van der Waals surface area (Å²) in [6.45, 7) is 6.43. The van der Waals surface area contributed by atoms with E-state index < -0.39 is 71.8 Å². The van der Waals surface area contributed by atoms with Crippen LogP contribution in [0.25, 0.3) is 0 Å². The van der Waals surface area contributed by atoms with E-state index in [-0.39, 0.29) is 32.8 Å². The molecule has 8 nitrogen and oxygen atoms in total. The molecule has 0 N–H and O–H groups in total. The Kier molecular flexibility index (Phi) is 14.8. The molecule has 0 saturated heterocycles. The fourth-order valence-electron chi connectivity index (χ4n) is 4.01. The largest absolute Gasteiger partial charge is 0.490 e. The Hall–Kier alpha value is -3.67. The lowest BCUT2D eigenvalue weighted by Gasteiger charge is -2.35. The second-order valence-corrected chi connectivity index (χ2v) is 9.42. The van der Waals surface area contributed by atoms with E-state index in [9.17, 15) is 31.9 Å². The quantitative estimate of drug-likeness (QED) is 0.0514. The van der Waals surface area contributed by atoms with E-state index >= 15 is 0 Å². The first-order valence-corrected chi connectivity index (χ1v) is 13.6. The number of carbonyl (C=O) groups excluding carboxylic acids is 3. The summed E-state index contributed by atoms with van der Waals surface area (Å²) in [7, 11) is 0. The van der Waals surface area contributed by atoms with Crippen LogP contribution in [0.2, 0.25) is 0 Å². The van der Waals surface area contributed by atoms with E-state index in [0.29, 0.717) is 32.1 Å². The number of hydrogen-bond donors (Lipinski definition) is 0. The van der Waals surface area contributed by atoms with Gasteiger partial charge in [0, 0.05) is 18.6 Å². The molecule has 2 rings (SSSR count). The summed E-state index contributed by atoms with van der Waals surface area (Å²) < 4.78 is 83.9. The lowest BCUT2D eigenvalue weighted by atomic mass is 9.84. The van der Waals surface area contributed by atoms with Gasteiger partial charge in [-0.3, -0.25) is 0 Å². The van der Waals surface area contributed by atoms with Gasteiger partial charge in [-0.2, -0.15) is 4.39 Å². The van der Waals surface area contributed by atoms with Gasteiger partial charge in [0.2, 0.25) is 5.82 Å². The highest BCUT2D eigenvalue weighted by Gasteiger charge is 2.46. The molecule has 12 heteroatoms. The van der Waals surface area contributed by atoms with E-state index in [4.69, 9.17) is 23.7 Å². The summed E-state index contributed by atoms with van der Waals surface area (Å²) in [4.78, 5) is 34.0. The van der Waals surface area contributed by atoms with Crippen LogP contribution >= 0.6 is 0 Å². The first kappa shape index (κ1) is 34.5. The van der Waals surface area contributed by atoms with Crippen molar-refractivity contribution in [1.82, 2.24) is 0 Å². The standard InChI is InChI=1S/C30H36F4O8/c1-3-25(35)39-16-8-6-5-7-15-38-22-12-11-21(30(33,34)19-22)20-42-24-14-13-23(27(31)28(24)32)29(37)41-18-10-9-17-40-26(36)4-2/h3-6,13-14,21-22H,1-2,7-12,15-20H2. The number of carbonyl (C=O) groups is 3. The van der Waals surface area contributed by atoms with E-state index in [1.807, 2.05) is 6.08 Å². The van der Waals surface area contributed by atoms with Crippen LogP contribution in [0.5, 0.6) is 5.75 Å². The van der Waals surface area contributed by atoms with Crippen LogP contribution in [0, 0.1) is 17.6 Å². The third-order valence-electron chi connectivity index (χ3n) is 6.32. The Morgan fingerprint density at radius 1 is 0.857 bits per heavy atom. The number of benzene rings is 1. The minimum atomic E-state index is -3.14. The second-order valence-electron chi connectivity index (χ2n) is 9.42. The number of hydrogen-bond acceptors (Lipinski definition) is 8. The van der Waals surface area contributed by atoms with Gasteiger partial charge >= 0.3 is 17.9 Å². The molecular formula is C30H36F4O8. The lowest BCUT2D eigenvalue weighted by Crippen LogP contribution is -2.42. The zero-order chi connectivity index (χ0) is 31.0. The first-order chi connectivity index (χ1) is 20.1. The van der Waals surface area contributed by atoms with E-state index in [1.54, 1.807) is 6.08 Å². The van der Waals surface area contributed by atoms with Gasteiger partial charge in [0.25, 0.3) is 5.92 Å². The average Bonchev–Trinajstić information content (AvgIpc) is 2.96. The van der Waals surface area contributed by atoms with Gasteiger partial charge in [0.1, 0.15) is 0 Å². The summed E-state index contributed by atoms with van der Waals surface area (Å²) in [5.41, 5.74) is -0.660. The highest BCUT2D eigenvalue weighted by Crippen LogP contribution is 2.40. The van der Waals surface area contributed by atoms with Crippen molar-refractivity contribution in [2.45, 2.75) is 57.0 Å². The summed E-state index contributed by atoms with van der Waals surface area (Å²) >= 11 is 0. The number of rotatable bonds is 18.